The standard InChI is InChI=1S/C44H53N9O6/c1-9-37(55)47-32-17-27(10-11-30(32)36-21-52(28-23-59-24-28)44(6,7)42(58)53(36)25(2)3)46-38-41(57)49(8)20-33(48-38)29-12-13-45-39(31(29)22-54)51-15-14-50-34(40(51)56)16-26-18-43(4,5)19-35(26)50/h9-13,16-17,20,25,28,36,54H,1,14-15,18-19,21-24H2,2-8H3,(H,46,48)(H,47,55)/t36-/m0/s1. The number of piperazine rings is 1. The van der Waals surface area contributed by atoms with E-state index in [2.05, 4.69) is 45.5 Å². The van der Waals surface area contributed by atoms with Crippen molar-refractivity contribution in [2.45, 2.75) is 91.2 Å². The Morgan fingerprint density at radius 2 is 1.85 bits per heavy atom. The van der Waals surface area contributed by atoms with E-state index in [0.717, 1.165) is 18.4 Å². The molecule has 0 radical (unpaired) electrons. The number of rotatable bonds is 10. The van der Waals surface area contributed by atoms with Gasteiger partial charge in [-0.05, 0) is 87.4 Å². The van der Waals surface area contributed by atoms with Gasteiger partial charge in [-0.25, -0.2) is 9.97 Å². The number of aliphatic hydroxyl groups is 1. The van der Waals surface area contributed by atoms with Gasteiger partial charge in [0.2, 0.25) is 11.8 Å². The third-order valence-corrected chi connectivity index (χ3v) is 12.3. The lowest BCUT2D eigenvalue weighted by molar-refractivity contribution is -0.173. The Hall–Kier alpha value is -5.64. The van der Waals surface area contributed by atoms with Gasteiger partial charge >= 0.3 is 0 Å². The number of ether oxygens (including phenoxy) is 1. The SMILES string of the molecule is C=CC(=O)Nc1cc(Nc2nc(-c3ccnc(N4CCn5c(cc6c5CC(C)(C)C6)C4=O)c3CO)cn(C)c2=O)ccc1[C@@H]1CN(C2COC2)C(C)(C)C(=O)N1C(C)C. The maximum absolute atomic E-state index is 14.2. The molecule has 59 heavy (non-hydrogen) atoms. The Balaban J connectivity index is 1.13. The summed E-state index contributed by atoms with van der Waals surface area (Å²) in [6, 6.07) is 8.65. The van der Waals surface area contributed by atoms with Gasteiger partial charge in [-0.2, -0.15) is 0 Å². The van der Waals surface area contributed by atoms with Gasteiger partial charge in [-0.15, -0.1) is 0 Å². The third-order valence-electron chi connectivity index (χ3n) is 12.3. The predicted molar refractivity (Wildman–Crippen MR) is 225 cm³/mol. The van der Waals surface area contributed by atoms with Crippen LogP contribution in [0.5, 0.6) is 0 Å². The molecule has 3 aromatic heterocycles. The number of amides is 3. The average Bonchev–Trinajstić information content (AvgIpc) is 3.66. The second-order valence-corrected chi connectivity index (χ2v) is 17.7. The van der Waals surface area contributed by atoms with Crippen LogP contribution >= 0.6 is 0 Å². The normalized spacial score (nSPS) is 20.1. The number of anilines is 4. The Labute approximate surface area is 343 Å². The van der Waals surface area contributed by atoms with Crippen molar-refractivity contribution in [1.29, 1.82) is 0 Å². The van der Waals surface area contributed by atoms with Gasteiger partial charge in [0.25, 0.3) is 11.5 Å². The zero-order valence-electron chi connectivity index (χ0n) is 34.8. The van der Waals surface area contributed by atoms with Gasteiger partial charge in [0.15, 0.2) is 5.82 Å². The number of carbonyl (C=O) groups excluding carboxylic acids is 3. The first-order valence-electron chi connectivity index (χ1n) is 20.2. The molecule has 0 bridgehead atoms. The molecule has 2 fully saturated rings. The first-order chi connectivity index (χ1) is 28.0. The number of nitrogens with one attached hydrogen (secondary N) is 2. The number of benzene rings is 1. The molecule has 3 N–H and O–H groups in total. The number of aromatic nitrogens is 4. The minimum absolute atomic E-state index is 0.000116. The summed E-state index contributed by atoms with van der Waals surface area (Å²) in [4.78, 5) is 69.7. The third kappa shape index (κ3) is 6.94. The summed E-state index contributed by atoms with van der Waals surface area (Å²) in [7, 11) is 1.61. The van der Waals surface area contributed by atoms with Gasteiger partial charge in [-0.1, -0.05) is 26.5 Å². The number of fused-ring (bicyclic) bond motifs is 3. The largest absolute Gasteiger partial charge is 0.392 e. The summed E-state index contributed by atoms with van der Waals surface area (Å²) in [5.74, 6) is -0.282. The van der Waals surface area contributed by atoms with E-state index in [9.17, 15) is 24.3 Å². The number of hydrogen-bond acceptors (Lipinski definition) is 10. The Bertz CT molecular complexity index is 2440. The number of carbonyl (C=O) groups is 3. The fraction of sp³-hybridized carbons (Fsp3) is 0.455. The molecule has 15 heteroatoms. The van der Waals surface area contributed by atoms with Gasteiger partial charge in [0.1, 0.15) is 11.5 Å². The Morgan fingerprint density at radius 1 is 1.08 bits per heavy atom. The molecule has 1 aromatic carbocycles. The minimum atomic E-state index is -0.753. The van der Waals surface area contributed by atoms with Crippen LogP contribution in [-0.2, 0) is 47.4 Å². The fourth-order valence-corrected chi connectivity index (χ4v) is 9.33. The lowest BCUT2D eigenvalue weighted by Crippen LogP contribution is -2.70. The highest BCUT2D eigenvalue weighted by Gasteiger charge is 2.51. The van der Waals surface area contributed by atoms with Crippen LogP contribution in [0.3, 0.4) is 0 Å². The topological polar surface area (TPSA) is 167 Å². The van der Waals surface area contributed by atoms with Crippen LogP contribution in [0.1, 0.15) is 80.5 Å². The molecule has 1 aliphatic carbocycles. The number of nitrogens with zero attached hydrogens (tertiary/aromatic N) is 7. The summed E-state index contributed by atoms with van der Waals surface area (Å²) in [6.07, 6.45) is 6.18. The average molecular weight is 804 g/mol. The zero-order valence-corrected chi connectivity index (χ0v) is 34.8. The molecule has 6 heterocycles. The van der Waals surface area contributed by atoms with Crippen LogP contribution in [0.2, 0.25) is 0 Å². The van der Waals surface area contributed by atoms with Crippen LogP contribution in [0.4, 0.5) is 23.0 Å². The van der Waals surface area contributed by atoms with E-state index in [0.29, 0.717) is 72.6 Å². The predicted octanol–water partition coefficient (Wildman–Crippen LogP) is 4.56. The molecule has 3 aliphatic heterocycles. The van der Waals surface area contributed by atoms with Crippen molar-refractivity contribution in [2.75, 3.05) is 41.8 Å². The van der Waals surface area contributed by atoms with Crippen molar-refractivity contribution < 1.29 is 24.2 Å². The number of pyridine rings is 1. The second kappa shape index (κ2) is 14.9. The molecule has 3 amide bonds. The second-order valence-electron chi connectivity index (χ2n) is 17.7. The van der Waals surface area contributed by atoms with E-state index in [4.69, 9.17) is 9.72 Å². The summed E-state index contributed by atoms with van der Waals surface area (Å²) in [5, 5.41) is 16.9. The number of aryl methyl sites for hydroxylation is 1. The van der Waals surface area contributed by atoms with E-state index in [1.165, 1.54) is 21.9 Å². The van der Waals surface area contributed by atoms with Crippen molar-refractivity contribution in [3.8, 4) is 11.3 Å². The summed E-state index contributed by atoms with van der Waals surface area (Å²) < 4.78 is 9.05. The zero-order chi connectivity index (χ0) is 42.1. The van der Waals surface area contributed by atoms with Crippen molar-refractivity contribution in [3.63, 3.8) is 0 Å². The molecule has 0 saturated carbocycles. The van der Waals surface area contributed by atoms with E-state index < -0.39 is 29.7 Å². The molecule has 15 nitrogen and oxygen atoms in total. The van der Waals surface area contributed by atoms with Crippen LogP contribution in [0.25, 0.3) is 11.3 Å². The molecule has 8 rings (SSSR count). The lowest BCUT2D eigenvalue weighted by Gasteiger charge is -2.55. The quantitative estimate of drug-likeness (QED) is 0.194. The Kier molecular flexibility index (Phi) is 10.1. The van der Waals surface area contributed by atoms with Crippen molar-refractivity contribution in [3.05, 3.63) is 93.8 Å². The first kappa shape index (κ1) is 40.2. The van der Waals surface area contributed by atoms with Crippen LogP contribution in [0, 0.1) is 5.41 Å². The maximum atomic E-state index is 14.2. The lowest BCUT2D eigenvalue weighted by atomic mass is 9.87. The molecule has 2 saturated heterocycles. The highest BCUT2D eigenvalue weighted by Crippen LogP contribution is 2.42. The highest BCUT2D eigenvalue weighted by atomic mass is 16.5. The molecule has 310 valence electrons. The Morgan fingerprint density at radius 3 is 2.53 bits per heavy atom. The van der Waals surface area contributed by atoms with Gasteiger partial charge < -0.3 is 34.5 Å². The summed E-state index contributed by atoms with van der Waals surface area (Å²) in [6.45, 7) is 18.2. The monoisotopic (exact) mass is 803 g/mol. The molecular formula is C44H53N9O6. The number of hydrogen-bond donors (Lipinski definition) is 3. The van der Waals surface area contributed by atoms with Crippen LogP contribution in [0.15, 0.2) is 60.2 Å². The molecule has 0 unspecified atom stereocenters. The minimum Gasteiger partial charge on any atom is -0.392 e. The van der Waals surface area contributed by atoms with E-state index >= 15 is 0 Å². The highest BCUT2D eigenvalue weighted by molar-refractivity contribution is 6.06. The summed E-state index contributed by atoms with van der Waals surface area (Å²) in [5.41, 5.74) is 5.00. The van der Waals surface area contributed by atoms with Gasteiger partial charge in [0.05, 0.1) is 43.1 Å². The van der Waals surface area contributed by atoms with Crippen molar-refractivity contribution in [2.24, 2.45) is 12.5 Å². The molecule has 4 aliphatic rings. The van der Waals surface area contributed by atoms with Gasteiger partial charge in [0, 0.05) is 73.3 Å². The molecule has 4 aromatic rings. The fourth-order valence-electron chi connectivity index (χ4n) is 9.33. The molecular weight excluding hydrogens is 751 g/mol. The van der Waals surface area contributed by atoms with Crippen molar-refractivity contribution >= 4 is 40.7 Å². The van der Waals surface area contributed by atoms with E-state index in [1.807, 2.05) is 44.7 Å². The molecule has 1 atom stereocenters. The van der Waals surface area contributed by atoms with Crippen LogP contribution in [-0.4, -0.2) is 95.7 Å². The van der Waals surface area contributed by atoms with E-state index in [1.54, 1.807) is 42.5 Å². The number of aliphatic hydroxyl groups excluding tert-OH is 1. The van der Waals surface area contributed by atoms with Crippen molar-refractivity contribution in [1.82, 2.24) is 28.9 Å². The first-order valence-corrected chi connectivity index (χ1v) is 20.2. The van der Waals surface area contributed by atoms with Gasteiger partial charge in [-0.3, -0.25) is 29.0 Å². The van der Waals surface area contributed by atoms with Crippen LogP contribution < -0.4 is 21.1 Å². The summed E-state index contributed by atoms with van der Waals surface area (Å²) >= 11 is 0. The van der Waals surface area contributed by atoms with E-state index in [-0.39, 0.29) is 35.1 Å². The maximum Gasteiger partial charge on any atom is 0.293 e. The smallest absolute Gasteiger partial charge is 0.293 e. The molecule has 0 spiro atoms.